The first kappa shape index (κ1) is 15.4. The Kier molecular flexibility index (Phi) is 5.20. The SMILES string of the molecule is Nc1cccc(CCC(=O)N2CCC(CCC(=O)O)C2)c1. The molecule has 1 atom stereocenters. The number of rotatable bonds is 6. The summed E-state index contributed by atoms with van der Waals surface area (Å²) in [6.07, 6.45) is 2.94. The topological polar surface area (TPSA) is 83.6 Å². The van der Waals surface area contributed by atoms with E-state index >= 15 is 0 Å². The molecule has 0 spiro atoms. The smallest absolute Gasteiger partial charge is 0.303 e. The van der Waals surface area contributed by atoms with Crippen LogP contribution in [0.2, 0.25) is 0 Å². The standard InChI is InChI=1S/C16H22N2O3/c17-14-3-1-2-12(10-14)4-6-15(19)18-9-8-13(11-18)5-7-16(20)21/h1-3,10,13H,4-9,11,17H2,(H,20,21). The molecule has 0 radical (unpaired) electrons. The Morgan fingerprint density at radius 2 is 2.14 bits per heavy atom. The van der Waals surface area contributed by atoms with Crippen LogP contribution >= 0.6 is 0 Å². The number of benzene rings is 1. The molecule has 5 nitrogen and oxygen atoms in total. The van der Waals surface area contributed by atoms with E-state index in [2.05, 4.69) is 0 Å². The Morgan fingerprint density at radius 1 is 1.33 bits per heavy atom. The second-order valence-corrected chi connectivity index (χ2v) is 5.67. The molecular formula is C16H22N2O3. The van der Waals surface area contributed by atoms with E-state index in [1.165, 1.54) is 0 Å². The fourth-order valence-corrected chi connectivity index (χ4v) is 2.78. The van der Waals surface area contributed by atoms with Gasteiger partial charge in [0.2, 0.25) is 5.91 Å². The van der Waals surface area contributed by atoms with Crippen LogP contribution in [0.15, 0.2) is 24.3 Å². The van der Waals surface area contributed by atoms with Crippen LogP contribution in [0.1, 0.15) is 31.2 Å². The molecular weight excluding hydrogens is 268 g/mol. The van der Waals surface area contributed by atoms with Crippen molar-refractivity contribution in [2.75, 3.05) is 18.8 Å². The zero-order chi connectivity index (χ0) is 15.2. The second-order valence-electron chi connectivity index (χ2n) is 5.67. The molecule has 114 valence electrons. The average Bonchev–Trinajstić information content (AvgIpc) is 2.91. The Hall–Kier alpha value is -2.04. The van der Waals surface area contributed by atoms with Gasteiger partial charge in [0.05, 0.1) is 0 Å². The van der Waals surface area contributed by atoms with Crippen molar-refractivity contribution >= 4 is 17.6 Å². The average molecular weight is 290 g/mol. The fourth-order valence-electron chi connectivity index (χ4n) is 2.78. The molecule has 1 aromatic rings. The van der Waals surface area contributed by atoms with Crippen LogP contribution in [0, 0.1) is 5.92 Å². The van der Waals surface area contributed by atoms with Crippen molar-refractivity contribution in [1.29, 1.82) is 0 Å². The zero-order valence-electron chi connectivity index (χ0n) is 12.1. The van der Waals surface area contributed by atoms with E-state index in [4.69, 9.17) is 10.8 Å². The Labute approximate surface area is 124 Å². The highest BCUT2D eigenvalue weighted by Gasteiger charge is 2.26. The van der Waals surface area contributed by atoms with Crippen molar-refractivity contribution in [2.24, 2.45) is 5.92 Å². The summed E-state index contributed by atoms with van der Waals surface area (Å²) in [5, 5.41) is 8.69. The number of aliphatic carboxylic acids is 1. The van der Waals surface area contributed by atoms with Crippen molar-refractivity contribution in [3.63, 3.8) is 0 Å². The summed E-state index contributed by atoms with van der Waals surface area (Å²) < 4.78 is 0. The Morgan fingerprint density at radius 3 is 2.86 bits per heavy atom. The van der Waals surface area contributed by atoms with Crippen LogP contribution in [0.4, 0.5) is 5.69 Å². The molecule has 1 fully saturated rings. The van der Waals surface area contributed by atoms with Gasteiger partial charge in [-0.05, 0) is 42.9 Å². The number of carboxylic acids is 1. The Bertz CT molecular complexity index is 516. The number of nitrogens with two attached hydrogens (primary N) is 1. The molecule has 0 bridgehead atoms. The predicted octanol–water partition coefficient (Wildman–Crippen LogP) is 1.91. The molecule has 1 saturated heterocycles. The van der Waals surface area contributed by atoms with Crippen LogP contribution < -0.4 is 5.73 Å². The van der Waals surface area contributed by atoms with Crippen LogP contribution in [0.3, 0.4) is 0 Å². The maximum atomic E-state index is 12.2. The highest BCUT2D eigenvalue weighted by molar-refractivity contribution is 5.76. The maximum absolute atomic E-state index is 12.2. The molecule has 1 unspecified atom stereocenters. The van der Waals surface area contributed by atoms with E-state index in [9.17, 15) is 9.59 Å². The van der Waals surface area contributed by atoms with E-state index in [0.29, 0.717) is 31.7 Å². The number of carboxylic acid groups (broad SMARTS) is 1. The molecule has 0 aromatic heterocycles. The molecule has 1 aliphatic heterocycles. The van der Waals surface area contributed by atoms with Crippen molar-refractivity contribution in [3.8, 4) is 0 Å². The minimum atomic E-state index is -0.763. The van der Waals surface area contributed by atoms with Gasteiger partial charge in [-0.1, -0.05) is 12.1 Å². The minimum absolute atomic E-state index is 0.148. The number of carbonyl (C=O) groups is 2. The number of amides is 1. The monoisotopic (exact) mass is 290 g/mol. The third-order valence-electron chi connectivity index (χ3n) is 3.98. The summed E-state index contributed by atoms with van der Waals surface area (Å²) in [5.74, 6) is -0.283. The van der Waals surface area contributed by atoms with Crippen molar-refractivity contribution in [3.05, 3.63) is 29.8 Å². The van der Waals surface area contributed by atoms with Gasteiger partial charge in [0, 0.05) is 31.6 Å². The molecule has 3 N–H and O–H groups in total. The molecule has 1 amide bonds. The van der Waals surface area contributed by atoms with Gasteiger partial charge in [-0.15, -0.1) is 0 Å². The van der Waals surface area contributed by atoms with Crippen molar-refractivity contribution in [1.82, 2.24) is 4.90 Å². The molecule has 5 heteroatoms. The number of carbonyl (C=O) groups excluding carboxylic acids is 1. The molecule has 1 aromatic carbocycles. The van der Waals surface area contributed by atoms with Crippen molar-refractivity contribution < 1.29 is 14.7 Å². The molecule has 21 heavy (non-hydrogen) atoms. The van der Waals surface area contributed by atoms with Gasteiger partial charge in [0.1, 0.15) is 0 Å². The summed E-state index contributed by atoms with van der Waals surface area (Å²) in [7, 11) is 0. The van der Waals surface area contributed by atoms with Crippen LogP contribution in [0.5, 0.6) is 0 Å². The third kappa shape index (κ3) is 4.77. The summed E-state index contributed by atoms with van der Waals surface area (Å²) in [6, 6.07) is 7.60. The number of nitrogens with zero attached hydrogens (tertiary/aromatic N) is 1. The van der Waals surface area contributed by atoms with Crippen LogP contribution in [-0.4, -0.2) is 35.0 Å². The van der Waals surface area contributed by atoms with E-state index in [-0.39, 0.29) is 12.3 Å². The summed E-state index contributed by atoms with van der Waals surface area (Å²) in [5.41, 5.74) is 7.51. The number of likely N-dealkylation sites (tertiary alicyclic amines) is 1. The molecule has 1 heterocycles. The van der Waals surface area contributed by atoms with E-state index in [1.807, 2.05) is 29.2 Å². The second kappa shape index (κ2) is 7.11. The lowest BCUT2D eigenvalue weighted by Crippen LogP contribution is -2.28. The lowest BCUT2D eigenvalue weighted by molar-refractivity contribution is -0.137. The number of hydrogen-bond acceptors (Lipinski definition) is 3. The fraction of sp³-hybridized carbons (Fsp3) is 0.500. The first-order valence-electron chi connectivity index (χ1n) is 7.38. The largest absolute Gasteiger partial charge is 0.481 e. The van der Waals surface area contributed by atoms with Gasteiger partial charge in [-0.25, -0.2) is 0 Å². The first-order valence-corrected chi connectivity index (χ1v) is 7.38. The van der Waals surface area contributed by atoms with Crippen molar-refractivity contribution in [2.45, 2.75) is 32.1 Å². The summed E-state index contributed by atoms with van der Waals surface area (Å²) >= 11 is 0. The molecule has 1 aliphatic rings. The number of hydrogen-bond donors (Lipinski definition) is 2. The first-order chi connectivity index (χ1) is 10.0. The van der Waals surface area contributed by atoms with Gasteiger partial charge >= 0.3 is 5.97 Å². The van der Waals surface area contributed by atoms with Crippen LogP contribution in [0.25, 0.3) is 0 Å². The predicted molar refractivity (Wildman–Crippen MR) is 80.7 cm³/mol. The number of anilines is 1. The van der Waals surface area contributed by atoms with E-state index < -0.39 is 5.97 Å². The lowest BCUT2D eigenvalue weighted by atomic mass is 10.0. The number of aryl methyl sites for hydroxylation is 1. The maximum Gasteiger partial charge on any atom is 0.303 e. The molecule has 0 aliphatic carbocycles. The van der Waals surface area contributed by atoms with Gasteiger partial charge in [0.15, 0.2) is 0 Å². The van der Waals surface area contributed by atoms with E-state index in [0.717, 1.165) is 24.2 Å². The Balaban J connectivity index is 1.75. The van der Waals surface area contributed by atoms with Gasteiger partial charge in [0.25, 0.3) is 0 Å². The van der Waals surface area contributed by atoms with Gasteiger partial charge < -0.3 is 15.7 Å². The van der Waals surface area contributed by atoms with Gasteiger partial charge in [-0.2, -0.15) is 0 Å². The quantitative estimate of drug-likeness (QED) is 0.784. The van der Waals surface area contributed by atoms with Crippen LogP contribution in [-0.2, 0) is 16.0 Å². The summed E-state index contributed by atoms with van der Waals surface area (Å²) in [6.45, 7) is 1.45. The van der Waals surface area contributed by atoms with Gasteiger partial charge in [-0.3, -0.25) is 9.59 Å². The number of nitrogen functional groups attached to an aromatic ring is 1. The molecule has 0 saturated carbocycles. The highest BCUT2D eigenvalue weighted by Crippen LogP contribution is 2.22. The zero-order valence-corrected chi connectivity index (χ0v) is 12.1. The van der Waals surface area contributed by atoms with E-state index in [1.54, 1.807) is 0 Å². The highest BCUT2D eigenvalue weighted by atomic mass is 16.4. The minimum Gasteiger partial charge on any atom is -0.481 e. The third-order valence-corrected chi connectivity index (χ3v) is 3.98. The summed E-state index contributed by atoms with van der Waals surface area (Å²) in [4.78, 5) is 24.6. The lowest BCUT2D eigenvalue weighted by Gasteiger charge is -2.16. The molecule has 2 rings (SSSR count). The normalized spacial score (nSPS) is 17.9.